The molecule has 0 unspecified atom stereocenters. The molecule has 2 N–H and O–H groups in total. The van der Waals surface area contributed by atoms with E-state index in [9.17, 15) is 18.0 Å². The molecule has 146 valence electrons. The zero-order valence-corrected chi connectivity index (χ0v) is 16.4. The first-order valence-electron chi connectivity index (χ1n) is 8.04. The predicted octanol–water partition coefficient (Wildman–Crippen LogP) is 5.47. The van der Waals surface area contributed by atoms with Gasteiger partial charge in [0.1, 0.15) is 5.75 Å². The van der Waals surface area contributed by atoms with E-state index in [0.29, 0.717) is 22.0 Å². The lowest BCUT2D eigenvalue weighted by atomic mass is 10.0. The summed E-state index contributed by atoms with van der Waals surface area (Å²) in [4.78, 5) is 14.4. The molecule has 0 bridgehead atoms. The van der Waals surface area contributed by atoms with Gasteiger partial charge in [0.2, 0.25) is 5.01 Å². The van der Waals surface area contributed by atoms with Crippen molar-refractivity contribution in [3.63, 3.8) is 0 Å². The Balaban J connectivity index is 2.01. The first-order chi connectivity index (χ1) is 13.2. The second kappa shape index (κ2) is 7.81. The molecular weight excluding hydrogens is 413 g/mol. The van der Waals surface area contributed by atoms with Crippen LogP contribution in [0.3, 0.4) is 0 Å². The topological polar surface area (TPSA) is 52.5 Å². The summed E-state index contributed by atoms with van der Waals surface area (Å²) in [5, 5.41) is 3.40. The number of thiazole rings is 1. The molecule has 0 saturated heterocycles. The number of ether oxygens (including phenoxy) is 1. The quantitative estimate of drug-likeness (QED) is 0.600. The number of H-pyrrole nitrogens is 1. The molecule has 1 aromatic heterocycles. The second-order valence-electron chi connectivity index (χ2n) is 5.86. The van der Waals surface area contributed by atoms with Gasteiger partial charge in [-0.15, -0.1) is 0 Å². The Kier molecular flexibility index (Phi) is 5.62. The molecule has 0 radical (unpaired) electrons. The summed E-state index contributed by atoms with van der Waals surface area (Å²) >= 11 is 6.67. The molecule has 1 heterocycles. The summed E-state index contributed by atoms with van der Waals surface area (Å²) in [6.07, 6.45) is -4.66. The molecular formula is C19H15ClF3N2O2S+. The van der Waals surface area contributed by atoms with Gasteiger partial charge >= 0.3 is 11.9 Å². The molecule has 3 aromatic rings. The maximum absolute atomic E-state index is 13.2. The van der Waals surface area contributed by atoms with Gasteiger partial charge in [-0.05, 0) is 35.9 Å². The van der Waals surface area contributed by atoms with Crippen LogP contribution in [0.1, 0.15) is 20.4 Å². The van der Waals surface area contributed by atoms with Gasteiger partial charge in [0.15, 0.2) is 4.88 Å². The monoisotopic (exact) mass is 427 g/mol. The molecule has 0 fully saturated rings. The highest BCUT2D eigenvalue weighted by Gasteiger charge is 2.45. The summed E-state index contributed by atoms with van der Waals surface area (Å²) < 4.78 is 44.8. The number of carbonyl (C=O) groups is 1. The van der Waals surface area contributed by atoms with Crippen molar-refractivity contribution in [3.8, 4) is 16.9 Å². The van der Waals surface area contributed by atoms with Crippen LogP contribution in [0.2, 0.25) is 5.02 Å². The fourth-order valence-corrected chi connectivity index (χ4v) is 3.63. The Morgan fingerprint density at radius 3 is 2.46 bits per heavy atom. The van der Waals surface area contributed by atoms with E-state index in [0.717, 1.165) is 16.9 Å². The van der Waals surface area contributed by atoms with Crippen molar-refractivity contribution in [3.05, 3.63) is 63.1 Å². The Morgan fingerprint density at radius 2 is 1.86 bits per heavy atom. The van der Waals surface area contributed by atoms with Crippen molar-refractivity contribution in [2.24, 2.45) is 0 Å². The number of aromatic nitrogens is 1. The number of benzene rings is 2. The normalized spacial score (nSPS) is 11.4. The van der Waals surface area contributed by atoms with Gasteiger partial charge in [0, 0.05) is 23.2 Å². The van der Waals surface area contributed by atoms with Gasteiger partial charge < -0.3 is 10.1 Å². The number of methoxy groups -OCH3 is 1. The van der Waals surface area contributed by atoms with Crippen LogP contribution in [-0.4, -0.2) is 13.0 Å². The molecule has 28 heavy (non-hydrogen) atoms. The van der Waals surface area contributed by atoms with Gasteiger partial charge in [0.05, 0.1) is 7.11 Å². The molecule has 9 heteroatoms. The number of carbonyl (C=O) groups excluding carboxylic acids is 1. The third-order valence-corrected chi connectivity index (χ3v) is 5.16. The Labute approximate surface area is 167 Å². The number of nitrogens with one attached hydrogen (secondary N) is 2. The van der Waals surface area contributed by atoms with Gasteiger partial charge in [-0.1, -0.05) is 35.1 Å². The van der Waals surface area contributed by atoms with Crippen molar-refractivity contribution >= 4 is 34.5 Å². The summed E-state index contributed by atoms with van der Waals surface area (Å²) in [5.41, 5.74) is 0.611. The standard InChI is InChI=1S/C19H14ClF3N2O2S/c1-10-24-17(19(21,22)23)16(28-10)18(26)25-15-8-7-13(27-2)9-14(15)11-3-5-12(20)6-4-11/h3-9H,1-2H3,(H,25,26)/p+1. The zero-order chi connectivity index (χ0) is 20.5. The van der Waals surface area contributed by atoms with E-state index in [1.807, 2.05) is 0 Å². The highest BCUT2D eigenvalue weighted by atomic mass is 35.5. The van der Waals surface area contributed by atoms with Crippen LogP contribution in [0.25, 0.3) is 11.1 Å². The Hall–Kier alpha value is -2.58. The van der Waals surface area contributed by atoms with Crippen LogP contribution in [0.4, 0.5) is 18.9 Å². The van der Waals surface area contributed by atoms with Crippen LogP contribution in [-0.2, 0) is 6.18 Å². The first-order valence-corrected chi connectivity index (χ1v) is 9.23. The van der Waals surface area contributed by atoms with Crippen LogP contribution in [0, 0.1) is 6.92 Å². The molecule has 1 amide bonds. The molecule has 4 nitrogen and oxygen atoms in total. The SMILES string of the molecule is COc1ccc(NC(=O)c2sc(C)[nH+]c2C(F)(F)F)c(-c2ccc(Cl)cc2)c1. The smallest absolute Gasteiger partial charge is 0.479 e. The first kappa shape index (κ1) is 20.2. The number of hydrogen-bond acceptors (Lipinski definition) is 3. The summed E-state index contributed by atoms with van der Waals surface area (Å²) in [6, 6.07) is 11.7. The molecule has 0 aliphatic rings. The minimum absolute atomic E-state index is 0.283. The van der Waals surface area contributed by atoms with E-state index in [-0.39, 0.29) is 5.01 Å². The minimum atomic E-state index is -4.66. The average molecular weight is 428 g/mol. The molecule has 2 aromatic carbocycles. The van der Waals surface area contributed by atoms with Crippen molar-refractivity contribution < 1.29 is 27.7 Å². The zero-order valence-electron chi connectivity index (χ0n) is 14.8. The number of amides is 1. The summed E-state index contributed by atoms with van der Waals surface area (Å²) in [6.45, 7) is 1.48. The predicted molar refractivity (Wildman–Crippen MR) is 102 cm³/mol. The highest BCUT2D eigenvalue weighted by molar-refractivity contribution is 7.13. The van der Waals surface area contributed by atoms with Crippen LogP contribution < -0.4 is 15.0 Å². The van der Waals surface area contributed by atoms with Crippen molar-refractivity contribution in [2.45, 2.75) is 13.1 Å². The molecule has 0 aliphatic carbocycles. The highest BCUT2D eigenvalue weighted by Crippen LogP contribution is 2.35. The maximum atomic E-state index is 13.2. The van der Waals surface area contributed by atoms with Crippen LogP contribution in [0.15, 0.2) is 42.5 Å². The average Bonchev–Trinajstić information content (AvgIpc) is 3.05. The third kappa shape index (κ3) is 4.28. The van der Waals surface area contributed by atoms with E-state index in [2.05, 4.69) is 10.3 Å². The van der Waals surface area contributed by atoms with Crippen LogP contribution >= 0.6 is 22.9 Å². The molecule has 0 aliphatic heterocycles. The van der Waals surface area contributed by atoms with Gasteiger partial charge in [-0.3, -0.25) is 4.79 Å². The van der Waals surface area contributed by atoms with E-state index in [4.69, 9.17) is 16.3 Å². The molecule has 0 saturated carbocycles. The van der Waals surface area contributed by atoms with Crippen molar-refractivity contribution in [1.82, 2.24) is 0 Å². The van der Waals surface area contributed by atoms with Gasteiger partial charge in [-0.25, -0.2) is 0 Å². The van der Waals surface area contributed by atoms with Gasteiger partial charge in [-0.2, -0.15) is 18.2 Å². The fraction of sp³-hybridized carbons (Fsp3) is 0.158. The molecule has 0 spiro atoms. The van der Waals surface area contributed by atoms with Gasteiger partial charge in [0.25, 0.3) is 5.91 Å². The lowest BCUT2D eigenvalue weighted by molar-refractivity contribution is -0.426. The lowest BCUT2D eigenvalue weighted by Crippen LogP contribution is -2.24. The van der Waals surface area contributed by atoms with E-state index in [1.165, 1.54) is 14.0 Å². The third-order valence-electron chi connectivity index (χ3n) is 3.90. The number of hydrogen-bond donors (Lipinski definition) is 1. The van der Waals surface area contributed by atoms with Crippen LogP contribution in [0.5, 0.6) is 5.75 Å². The van der Waals surface area contributed by atoms with E-state index < -0.39 is 22.7 Å². The number of halogens is 4. The molecule has 3 rings (SSSR count). The number of aryl methyl sites for hydroxylation is 1. The summed E-state index contributed by atoms with van der Waals surface area (Å²) in [5.74, 6) is -0.304. The lowest BCUT2D eigenvalue weighted by Gasteiger charge is -2.13. The second-order valence-corrected chi connectivity index (χ2v) is 7.52. The van der Waals surface area contributed by atoms with Crippen molar-refractivity contribution in [1.29, 1.82) is 0 Å². The van der Waals surface area contributed by atoms with E-state index in [1.54, 1.807) is 42.5 Å². The molecule has 0 atom stereocenters. The Bertz CT molecular complexity index is 1020. The number of aromatic amines is 1. The maximum Gasteiger partial charge on any atom is 0.479 e. The largest absolute Gasteiger partial charge is 0.497 e. The number of anilines is 1. The van der Waals surface area contributed by atoms with Crippen molar-refractivity contribution in [2.75, 3.05) is 12.4 Å². The minimum Gasteiger partial charge on any atom is -0.497 e. The fourth-order valence-electron chi connectivity index (χ4n) is 2.63. The summed E-state index contributed by atoms with van der Waals surface area (Å²) in [7, 11) is 1.50. The Morgan fingerprint density at radius 1 is 1.18 bits per heavy atom. The number of alkyl halides is 3. The van der Waals surface area contributed by atoms with E-state index >= 15 is 0 Å². The number of rotatable bonds is 4.